The van der Waals surface area contributed by atoms with Crippen LogP contribution in [0.4, 0.5) is 5.82 Å². The molecule has 98 valence electrons. The number of aromatic nitrogens is 1. The number of nitrogens with zero attached hydrogens (tertiary/aromatic N) is 2. The van der Waals surface area contributed by atoms with E-state index in [1.165, 1.54) is 0 Å². The number of aliphatic hydroxyl groups excluding tert-OH is 1. The zero-order valence-electron chi connectivity index (χ0n) is 9.84. The highest BCUT2D eigenvalue weighted by molar-refractivity contribution is 9.10. The van der Waals surface area contributed by atoms with E-state index in [-0.39, 0.29) is 6.61 Å². The molecular formula is C12H15BrN2O3. The van der Waals surface area contributed by atoms with Crippen molar-refractivity contribution in [3.05, 3.63) is 22.8 Å². The third kappa shape index (κ3) is 2.49. The van der Waals surface area contributed by atoms with E-state index in [4.69, 9.17) is 0 Å². The van der Waals surface area contributed by atoms with Gasteiger partial charge in [0.1, 0.15) is 5.82 Å². The number of halogens is 1. The molecule has 0 aromatic carbocycles. The van der Waals surface area contributed by atoms with Gasteiger partial charge in [0.05, 0.1) is 12.0 Å². The Kier molecular flexibility index (Phi) is 3.87. The highest BCUT2D eigenvalue weighted by atomic mass is 79.9. The molecule has 6 heteroatoms. The summed E-state index contributed by atoms with van der Waals surface area (Å²) in [5.41, 5.74) is -0.980. The summed E-state index contributed by atoms with van der Waals surface area (Å²) in [7, 11) is 0. The molecule has 0 bridgehead atoms. The first-order valence-electron chi connectivity index (χ1n) is 5.78. The minimum atomic E-state index is -0.980. The van der Waals surface area contributed by atoms with E-state index < -0.39 is 11.4 Å². The predicted octanol–water partition coefficient (Wildman–Crippen LogP) is 1.51. The smallest absolute Gasteiger partial charge is 0.312 e. The molecule has 2 rings (SSSR count). The monoisotopic (exact) mass is 314 g/mol. The molecule has 0 radical (unpaired) electrons. The van der Waals surface area contributed by atoms with Crippen molar-refractivity contribution < 1.29 is 15.0 Å². The lowest BCUT2D eigenvalue weighted by atomic mass is 9.79. The average Bonchev–Trinajstić information content (AvgIpc) is 2.39. The summed E-state index contributed by atoms with van der Waals surface area (Å²) < 4.78 is 0.915. The molecule has 1 aromatic rings. The number of pyridine rings is 1. The van der Waals surface area contributed by atoms with Crippen molar-refractivity contribution in [1.82, 2.24) is 4.98 Å². The minimum Gasteiger partial charge on any atom is -0.481 e. The molecule has 1 aromatic heterocycles. The van der Waals surface area contributed by atoms with Crippen molar-refractivity contribution >= 4 is 27.7 Å². The van der Waals surface area contributed by atoms with E-state index in [1.54, 1.807) is 6.20 Å². The summed E-state index contributed by atoms with van der Waals surface area (Å²) in [6.45, 7) is 0.896. The summed E-state index contributed by atoms with van der Waals surface area (Å²) >= 11 is 3.33. The van der Waals surface area contributed by atoms with Crippen LogP contribution in [-0.4, -0.2) is 40.9 Å². The fourth-order valence-corrected chi connectivity index (χ4v) is 2.39. The average molecular weight is 315 g/mol. The van der Waals surface area contributed by atoms with Crippen LogP contribution in [0.3, 0.4) is 0 Å². The Bertz CT molecular complexity index is 427. The molecule has 0 unspecified atom stereocenters. The Morgan fingerprint density at radius 2 is 2.11 bits per heavy atom. The maximum absolute atomic E-state index is 11.2. The third-order valence-electron chi connectivity index (χ3n) is 3.51. The second-order valence-electron chi connectivity index (χ2n) is 4.57. The van der Waals surface area contributed by atoms with Crippen LogP contribution in [0.2, 0.25) is 0 Å². The number of piperidine rings is 1. The van der Waals surface area contributed by atoms with Crippen LogP contribution in [0.5, 0.6) is 0 Å². The largest absolute Gasteiger partial charge is 0.481 e. The second-order valence-corrected chi connectivity index (χ2v) is 5.48. The number of hydrogen-bond acceptors (Lipinski definition) is 4. The molecule has 0 atom stereocenters. The summed E-state index contributed by atoms with van der Waals surface area (Å²) in [6, 6.07) is 3.81. The quantitative estimate of drug-likeness (QED) is 0.884. The van der Waals surface area contributed by atoms with Gasteiger partial charge in [-0.2, -0.15) is 0 Å². The van der Waals surface area contributed by atoms with Gasteiger partial charge in [0.2, 0.25) is 0 Å². The SMILES string of the molecule is O=C(O)C1(CO)CCN(c2ccc(Br)cn2)CC1. The Morgan fingerprint density at radius 1 is 1.44 bits per heavy atom. The van der Waals surface area contributed by atoms with Crippen LogP contribution < -0.4 is 4.90 Å². The number of aliphatic hydroxyl groups is 1. The second kappa shape index (κ2) is 5.24. The zero-order valence-corrected chi connectivity index (χ0v) is 11.4. The Balaban J connectivity index is 2.06. The topological polar surface area (TPSA) is 73.7 Å². The van der Waals surface area contributed by atoms with Gasteiger partial charge in [0.15, 0.2) is 0 Å². The fraction of sp³-hybridized carbons (Fsp3) is 0.500. The molecule has 0 amide bonds. The van der Waals surface area contributed by atoms with E-state index in [0.717, 1.165) is 10.3 Å². The number of carbonyl (C=O) groups is 1. The number of rotatable bonds is 3. The summed E-state index contributed by atoms with van der Waals surface area (Å²) in [5.74, 6) is -0.0662. The van der Waals surface area contributed by atoms with E-state index in [1.807, 2.05) is 17.0 Å². The Hall–Kier alpha value is -1.14. The molecule has 18 heavy (non-hydrogen) atoms. The van der Waals surface area contributed by atoms with Crippen LogP contribution in [0.15, 0.2) is 22.8 Å². The fourth-order valence-electron chi connectivity index (χ4n) is 2.16. The van der Waals surface area contributed by atoms with Crippen molar-refractivity contribution in [3.8, 4) is 0 Å². The van der Waals surface area contributed by atoms with Crippen molar-refractivity contribution in [2.45, 2.75) is 12.8 Å². The van der Waals surface area contributed by atoms with Crippen molar-refractivity contribution in [1.29, 1.82) is 0 Å². The number of aliphatic carboxylic acids is 1. The lowest BCUT2D eigenvalue weighted by molar-refractivity contribution is -0.153. The first-order chi connectivity index (χ1) is 8.57. The summed E-state index contributed by atoms with van der Waals surface area (Å²) in [5, 5.41) is 18.5. The molecule has 2 heterocycles. The first-order valence-corrected chi connectivity index (χ1v) is 6.57. The van der Waals surface area contributed by atoms with Crippen LogP contribution in [-0.2, 0) is 4.79 Å². The highest BCUT2D eigenvalue weighted by Gasteiger charge is 2.41. The lowest BCUT2D eigenvalue weighted by Crippen LogP contribution is -2.46. The zero-order chi connectivity index (χ0) is 13.2. The van der Waals surface area contributed by atoms with Gasteiger partial charge in [-0.1, -0.05) is 0 Å². The van der Waals surface area contributed by atoms with Crippen LogP contribution in [0.25, 0.3) is 0 Å². The number of hydrogen-bond donors (Lipinski definition) is 2. The Labute approximate surface area is 114 Å². The summed E-state index contributed by atoms with van der Waals surface area (Å²) in [6.07, 6.45) is 2.60. The van der Waals surface area contributed by atoms with Crippen molar-refractivity contribution in [2.75, 3.05) is 24.6 Å². The van der Waals surface area contributed by atoms with E-state index in [0.29, 0.717) is 25.9 Å². The molecule has 0 spiro atoms. The molecule has 1 saturated heterocycles. The maximum Gasteiger partial charge on any atom is 0.312 e. The van der Waals surface area contributed by atoms with Crippen molar-refractivity contribution in [2.24, 2.45) is 5.41 Å². The van der Waals surface area contributed by atoms with E-state index in [2.05, 4.69) is 20.9 Å². The molecule has 1 aliphatic rings. The molecular weight excluding hydrogens is 300 g/mol. The van der Waals surface area contributed by atoms with Gasteiger partial charge in [-0.3, -0.25) is 4.79 Å². The lowest BCUT2D eigenvalue weighted by Gasteiger charge is -2.38. The number of carboxylic acid groups (broad SMARTS) is 1. The first kappa shape index (κ1) is 13.3. The third-order valence-corrected chi connectivity index (χ3v) is 3.98. The van der Waals surface area contributed by atoms with Gasteiger partial charge in [0.25, 0.3) is 0 Å². The Morgan fingerprint density at radius 3 is 2.56 bits per heavy atom. The van der Waals surface area contributed by atoms with Crippen molar-refractivity contribution in [3.63, 3.8) is 0 Å². The molecule has 0 aliphatic carbocycles. The molecule has 0 saturated carbocycles. The number of carboxylic acids is 1. The molecule has 2 N–H and O–H groups in total. The standard InChI is InChI=1S/C12H15BrN2O3/c13-9-1-2-10(14-7-9)15-5-3-12(8-16,4-6-15)11(17)18/h1-2,7,16H,3-6,8H2,(H,17,18). The maximum atomic E-state index is 11.2. The summed E-state index contributed by atoms with van der Waals surface area (Å²) in [4.78, 5) is 17.5. The molecule has 1 fully saturated rings. The molecule has 5 nitrogen and oxygen atoms in total. The highest BCUT2D eigenvalue weighted by Crippen LogP contribution is 2.32. The van der Waals surface area contributed by atoms with Gasteiger partial charge < -0.3 is 15.1 Å². The van der Waals surface area contributed by atoms with Gasteiger partial charge in [-0.25, -0.2) is 4.98 Å². The minimum absolute atomic E-state index is 0.302. The van der Waals surface area contributed by atoms with Gasteiger partial charge in [-0.05, 0) is 40.9 Å². The van der Waals surface area contributed by atoms with Gasteiger partial charge in [0, 0.05) is 23.8 Å². The number of anilines is 1. The molecule has 1 aliphatic heterocycles. The normalized spacial score (nSPS) is 18.7. The van der Waals surface area contributed by atoms with Crippen LogP contribution >= 0.6 is 15.9 Å². The van der Waals surface area contributed by atoms with Crippen LogP contribution in [0.1, 0.15) is 12.8 Å². The van der Waals surface area contributed by atoms with Crippen LogP contribution in [0, 0.1) is 5.41 Å². The van der Waals surface area contributed by atoms with E-state index >= 15 is 0 Å². The predicted molar refractivity (Wildman–Crippen MR) is 70.5 cm³/mol. The van der Waals surface area contributed by atoms with E-state index in [9.17, 15) is 15.0 Å². The van der Waals surface area contributed by atoms with Gasteiger partial charge in [-0.15, -0.1) is 0 Å². The van der Waals surface area contributed by atoms with Gasteiger partial charge >= 0.3 is 5.97 Å².